The van der Waals surface area contributed by atoms with Crippen molar-refractivity contribution in [2.75, 3.05) is 26.3 Å². The highest BCUT2D eigenvalue weighted by atomic mass is 16.5. The summed E-state index contributed by atoms with van der Waals surface area (Å²) in [6.45, 7) is 4.13. The number of ether oxygens (including phenoxy) is 1. The van der Waals surface area contributed by atoms with Crippen molar-refractivity contribution in [3.8, 4) is 0 Å². The Balaban J connectivity index is 1.75. The number of nitrogens with one attached hydrogen (secondary N) is 1. The van der Waals surface area contributed by atoms with Crippen LogP contribution in [0.15, 0.2) is 11.8 Å². The predicted molar refractivity (Wildman–Crippen MR) is 50.4 cm³/mol. The van der Waals surface area contributed by atoms with Gasteiger partial charge in [0.1, 0.15) is 0 Å². The van der Waals surface area contributed by atoms with E-state index in [1.807, 2.05) is 0 Å². The van der Waals surface area contributed by atoms with Gasteiger partial charge in [-0.25, -0.2) is 0 Å². The zero-order chi connectivity index (χ0) is 8.67. The second kappa shape index (κ2) is 3.00. The molecule has 2 bridgehead atoms. The molecule has 1 N–H and O–H groups in total. The van der Waals surface area contributed by atoms with E-state index in [2.05, 4.69) is 16.3 Å². The molecule has 13 heavy (non-hydrogen) atoms. The molecule has 3 nitrogen and oxygen atoms in total. The van der Waals surface area contributed by atoms with Crippen LogP contribution in [-0.4, -0.2) is 43.3 Å². The van der Waals surface area contributed by atoms with Crippen molar-refractivity contribution in [2.45, 2.75) is 24.9 Å². The van der Waals surface area contributed by atoms with Crippen LogP contribution in [0.4, 0.5) is 0 Å². The molecule has 0 radical (unpaired) electrons. The molecule has 0 spiro atoms. The van der Waals surface area contributed by atoms with Crippen LogP contribution in [0.1, 0.15) is 12.8 Å². The molecule has 0 aliphatic carbocycles. The minimum atomic E-state index is 0.758. The molecule has 0 aromatic carbocycles. The van der Waals surface area contributed by atoms with Crippen molar-refractivity contribution in [3.63, 3.8) is 0 Å². The van der Waals surface area contributed by atoms with Crippen molar-refractivity contribution in [1.82, 2.24) is 10.2 Å². The maximum atomic E-state index is 5.32. The standard InChI is InChI=1S/C10H16N2O/c1-3-13-4-2-9(1)12-7-8-5-10(12)6-11-8/h1,8,10-11H,2-7H2. The van der Waals surface area contributed by atoms with Gasteiger partial charge in [-0.15, -0.1) is 0 Å². The van der Waals surface area contributed by atoms with Gasteiger partial charge in [-0.05, 0) is 12.5 Å². The zero-order valence-corrected chi connectivity index (χ0v) is 7.83. The molecule has 2 fully saturated rings. The molecule has 0 aromatic heterocycles. The van der Waals surface area contributed by atoms with Crippen molar-refractivity contribution in [2.24, 2.45) is 0 Å². The Labute approximate surface area is 78.7 Å². The van der Waals surface area contributed by atoms with E-state index in [9.17, 15) is 0 Å². The van der Waals surface area contributed by atoms with Gasteiger partial charge in [0.25, 0.3) is 0 Å². The monoisotopic (exact) mass is 180 g/mol. The third kappa shape index (κ3) is 1.27. The number of rotatable bonds is 1. The van der Waals surface area contributed by atoms with Gasteiger partial charge in [-0.3, -0.25) is 0 Å². The molecule has 3 heterocycles. The van der Waals surface area contributed by atoms with Crippen LogP contribution in [0, 0.1) is 0 Å². The van der Waals surface area contributed by atoms with E-state index < -0.39 is 0 Å². The quantitative estimate of drug-likeness (QED) is 0.629. The summed E-state index contributed by atoms with van der Waals surface area (Å²) in [6.07, 6.45) is 4.71. The fourth-order valence-electron chi connectivity index (χ4n) is 2.69. The molecule has 2 unspecified atom stereocenters. The summed E-state index contributed by atoms with van der Waals surface area (Å²) in [5, 5.41) is 3.52. The summed E-state index contributed by atoms with van der Waals surface area (Å²) < 4.78 is 5.32. The molecule has 0 amide bonds. The molecule has 0 saturated carbocycles. The zero-order valence-electron chi connectivity index (χ0n) is 7.83. The number of nitrogens with zero attached hydrogens (tertiary/aromatic N) is 1. The number of likely N-dealkylation sites (tertiary alicyclic amines) is 1. The van der Waals surface area contributed by atoms with E-state index in [4.69, 9.17) is 4.74 Å². The normalized spacial score (nSPS) is 38.2. The predicted octanol–water partition coefficient (Wildman–Crippen LogP) is 0.337. The van der Waals surface area contributed by atoms with Crippen molar-refractivity contribution in [3.05, 3.63) is 11.8 Å². The van der Waals surface area contributed by atoms with Crippen LogP contribution in [0.3, 0.4) is 0 Å². The average molecular weight is 180 g/mol. The molecule has 72 valence electrons. The molecular weight excluding hydrogens is 164 g/mol. The number of hydrogen-bond donors (Lipinski definition) is 1. The Hall–Kier alpha value is -0.540. The Morgan fingerprint density at radius 3 is 3.15 bits per heavy atom. The lowest BCUT2D eigenvalue weighted by molar-refractivity contribution is 0.135. The lowest BCUT2D eigenvalue weighted by Gasteiger charge is -2.33. The van der Waals surface area contributed by atoms with Crippen LogP contribution >= 0.6 is 0 Å². The van der Waals surface area contributed by atoms with Gasteiger partial charge in [-0.1, -0.05) is 0 Å². The van der Waals surface area contributed by atoms with Crippen LogP contribution in [-0.2, 0) is 4.74 Å². The Morgan fingerprint density at radius 2 is 2.54 bits per heavy atom. The second-order valence-electron chi connectivity index (χ2n) is 4.17. The summed E-state index contributed by atoms with van der Waals surface area (Å²) >= 11 is 0. The molecule has 3 heteroatoms. The topological polar surface area (TPSA) is 24.5 Å². The maximum Gasteiger partial charge on any atom is 0.0667 e. The third-order valence-electron chi connectivity index (χ3n) is 3.36. The van der Waals surface area contributed by atoms with Gasteiger partial charge >= 0.3 is 0 Å². The highest BCUT2D eigenvalue weighted by Crippen LogP contribution is 2.29. The average Bonchev–Trinajstić information content (AvgIpc) is 2.80. The summed E-state index contributed by atoms with van der Waals surface area (Å²) in [5.41, 5.74) is 1.53. The first-order chi connectivity index (χ1) is 6.43. The smallest absolute Gasteiger partial charge is 0.0667 e. The third-order valence-corrected chi connectivity index (χ3v) is 3.36. The van der Waals surface area contributed by atoms with Crippen molar-refractivity contribution < 1.29 is 4.74 Å². The molecule has 2 atom stereocenters. The number of hydrogen-bond acceptors (Lipinski definition) is 3. The van der Waals surface area contributed by atoms with E-state index in [0.29, 0.717) is 0 Å². The van der Waals surface area contributed by atoms with Crippen molar-refractivity contribution in [1.29, 1.82) is 0 Å². The van der Waals surface area contributed by atoms with Gasteiger partial charge in [0.15, 0.2) is 0 Å². The highest BCUT2D eigenvalue weighted by molar-refractivity contribution is 5.12. The first-order valence-electron chi connectivity index (χ1n) is 5.20. The molecule has 0 aromatic rings. The van der Waals surface area contributed by atoms with Crippen LogP contribution in [0.5, 0.6) is 0 Å². The molecule has 3 rings (SSSR count). The van der Waals surface area contributed by atoms with E-state index in [-0.39, 0.29) is 0 Å². The second-order valence-corrected chi connectivity index (χ2v) is 4.17. The molecule has 3 aliphatic rings. The maximum absolute atomic E-state index is 5.32. The summed E-state index contributed by atoms with van der Waals surface area (Å²) in [4.78, 5) is 2.59. The van der Waals surface area contributed by atoms with Gasteiger partial charge < -0.3 is 15.0 Å². The lowest BCUT2D eigenvalue weighted by atomic mass is 10.2. The van der Waals surface area contributed by atoms with Gasteiger partial charge in [-0.2, -0.15) is 0 Å². The minimum Gasteiger partial charge on any atom is -0.377 e. The first kappa shape index (κ1) is 7.83. The van der Waals surface area contributed by atoms with Crippen LogP contribution in [0.2, 0.25) is 0 Å². The van der Waals surface area contributed by atoms with E-state index in [0.717, 1.165) is 31.7 Å². The molecule has 3 aliphatic heterocycles. The Bertz CT molecular complexity index is 239. The highest BCUT2D eigenvalue weighted by Gasteiger charge is 2.38. The van der Waals surface area contributed by atoms with Gasteiger partial charge in [0.2, 0.25) is 0 Å². The molecule has 2 saturated heterocycles. The van der Waals surface area contributed by atoms with E-state index in [1.54, 1.807) is 0 Å². The Kier molecular flexibility index (Phi) is 1.80. The fraction of sp³-hybridized carbons (Fsp3) is 0.800. The van der Waals surface area contributed by atoms with Gasteiger partial charge in [0.05, 0.1) is 13.2 Å². The summed E-state index contributed by atoms with van der Waals surface area (Å²) in [7, 11) is 0. The lowest BCUT2D eigenvalue weighted by Crippen LogP contribution is -2.43. The fourth-order valence-corrected chi connectivity index (χ4v) is 2.69. The van der Waals surface area contributed by atoms with E-state index in [1.165, 1.54) is 25.2 Å². The Morgan fingerprint density at radius 1 is 1.54 bits per heavy atom. The number of fused-ring (bicyclic) bond motifs is 2. The SMILES string of the molecule is C1=C(N2CC3CC2CN3)CCOC1. The van der Waals surface area contributed by atoms with Crippen LogP contribution in [0.25, 0.3) is 0 Å². The summed E-state index contributed by atoms with van der Waals surface area (Å²) in [6, 6.07) is 1.53. The first-order valence-corrected chi connectivity index (χ1v) is 5.20. The molecular formula is C10H16N2O. The summed E-state index contributed by atoms with van der Waals surface area (Å²) in [5.74, 6) is 0. The van der Waals surface area contributed by atoms with Crippen molar-refractivity contribution >= 4 is 0 Å². The minimum absolute atomic E-state index is 0.758. The largest absolute Gasteiger partial charge is 0.377 e. The van der Waals surface area contributed by atoms with E-state index >= 15 is 0 Å². The van der Waals surface area contributed by atoms with Gasteiger partial charge in [0, 0.05) is 37.3 Å². The van der Waals surface area contributed by atoms with Crippen LogP contribution < -0.4 is 5.32 Å². The number of piperazine rings is 1.